The molecule has 0 aliphatic rings. The van der Waals surface area contributed by atoms with E-state index in [0.717, 1.165) is 0 Å². The Labute approximate surface area is 96.0 Å². The van der Waals surface area contributed by atoms with Gasteiger partial charge in [-0.05, 0) is 11.1 Å². The molecule has 0 nitrogen and oxygen atoms in total. The average molecular weight is 254 g/mol. The molecule has 1 aromatic carbocycles. The summed E-state index contributed by atoms with van der Waals surface area (Å²) < 4.78 is -1.02. The second-order valence-corrected chi connectivity index (χ2v) is 9.69. The van der Waals surface area contributed by atoms with Gasteiger partial charge in [0.15, 0.2) is 3.42 Å². The first kappa shape index (κ1) is 11.4. The number of benzene rings is 1. The molecule has 0 bridgehead atoms. The van der Waals surface area contributed by atoms with Gasteiger partial charge in [0.25, 0.3) is 0 Å². The Morgan fingerprint density at radius 1 is 1.15 bits per heavy atom. The zero-order valence-corrected chi connectivity index (χ0v) is 11.0. The summed E-state index contributed by atoms with van der Waals surface area (Å²) in [6.07, 6.45) is 0. The fourth-order valence-corrected chi connectivity index (χ4v) is 4.53. The summed E-state index contributed by atoms with van der Waals surface area (Å²) in [7, 11) is -0.728. The standard InChI is InChI=1S/C9H11Cl3Si/c1-7(13-9(10,11)12)8-5-3-2-4-6-8/h2-7H,13H2,1H3. The number of hydrogen-bond acceptors (Lipinski definition) is 0. The molecule has 0 saturated heterocycles. The maximum absolute atomic E-state index is 5.77. The van der Waals surface area contributed by atoms with Crippen LogP contribution in [0.1, 0.15) is 18.0 Å². The monoisotopic (exact) mass is 252 g/mol. The summed E-state index contributed by atoms with van der Waals surface area (Å²) in [4.78, 5) is 0. The van der Waals surface area contributed by atoms with Crippen LogP contribution in [0, 0.1) is 0 Å². The van der Waals surface area contributed by atoms with Crippen LogP contribution in [-0.4, -0.2) is 12.9 Å². The van der Waals surface area contributed by atoms with Crippen molar-refractivity contribution in [3.05, 3.63) is 35.9 Å². The van der Waals surface area contributed by atoms with Crippen molar-refractivity contribution < 1.29 is 0 Å². The molecule has 0 aliphatic heterocycles. The molecule has 1 atom stereocenters. The fourth-order valence-electron chi connectivity index (χ4n) is 1.25. The van der Waals surface area contributed by atoms with Crippen LogP contribution in [0.25, 0.3) is 0 Å². The predicted octanol–water partition coefficient (Wildman–Crippen LogP) is 3.24. The van der Waals surface area contributed by atoms with Crippen LogP contribution < -0.4 is 0 Å². The Balaban J connectivity index is 2.64. The molecule has 0 aromatic heterocycles. The van der Waals surface area contributed by atoms with Crippen LogP contribution in [0.5, 0.6) is 0 Å². The zero-order valence-electron chi connectivity index (χ0n) is 7.31. The van der Waals surface area contributed by atoms with Crippen LogP contribution >= 0.6 is 34.8 Å². The Hall–Kier alpha value is 0.307. The molecule has 0 fully saturated rings. The summed E-state index contributed by atoms with van der Waals surface area (Å²) in [5, 5.41) is 0. The molecular formula is C9H11Cl3Si. The first-order valence-electron chi connectivity index (χ1n) is 4.11. The summed E-state index contributed by atoms with van der Waals surface area (Å²) >= 11 is 17.3. The minimum atomic E-state index is -1.02. The molecule has 1 aromatic rings. The van der Waals surface area contributed by atoms with Gasteiger partial charge in [-0.25, -0.2) is 0 Å². The van der Waals surface area contributed by atoms with Crippen LogP contribution in [0.15, 0.2) is 30.3 Å². The molecule has 0 spiro atoms. The van der Waals surface area contributed by atoms with Gasteiger partial charge in [0, 0.05) is 0 Å². The quantitative estimate of drug-likeness (QED) is 0.561. The van der Waals surface area contributed by atoms with E-state index in [1.165, 1.54) is 5.56 Å². The van der Waals surface area contributed by atoms with Gasteiger partial charge in [-0.2, -0.15) is 0 Å². The van der Waals surface area contributed by atoms with Gasteiger partial charge in [0.2, 0.25) is 0 Å². The van der Waals surface area contributed by atoms with Crippen LogP contribution in [0.3, 0.4) is 0 Å². The first-order valence-corrected chi connectivity index (χ1v) is 6.76. The third-order valence-electron chi connectivity index (χ3n) is 1.91. The maximum Gasteiger partial charge on any atom is 0.170 e. The SMILES string of the molecule is CC([SiH2]C(Cl)(Cl)Cl)c1ccccc1. The normalized spacial score (nSPS) is 15.1. The highest BCUT2D eigenvalue weighted by Crippen LogP contribution is 2.29. The number of hydrogen-bond donors (Lipinski definition) is 0. The van der Waals surface area contributed by atoms with E-state index in [9.17, 15) is 0 Å². The molecular weight excluding hydrogens is 243 g/mol. The number of halogens is 3. The van der Waals surface area contributed by atoms with Crippen molar-refractivity contribution in [2.75, 3.05) is 0 Å². The maximum atomic E-state index is 5.77. The number of rotatable bonds is 2. The first-order chi connectivity index (χ1) is 5.99. The van der Waals surface area contributed by atoms with Gasteiger partial charge in [-0.1, -0.05) is 72.1 Å². The Kier molecular flexibility index (Phi) is 4.11. The van der Waals surface area contributed by atoms with Crippen molar-refractivity contribution in [2.45, 2.75) is 15.9 Å². The van der Waals surface area contributed by atoms with E-state index in [2.05, 4.69) is 19.1 Å². The minimum absolute atomic E-state index is 0.411. The third kappa shape index (κ3) is 4.36. The van der Waals surface area contributed by atoms with Crippen molar-refractivity contribution >= 4 is 44.3 Å². The van der Waals surface area contributed by atoms with Crippen LogP contribution in [-0.2, 0) is 0 Å². The van der Waals surface area contributed by atoms with E-state index in [4.69, 9.17) is 34.8 Å². The van der Waals surface area contributed by atoms with Crippen molar-refractivity contribution in [2.24, 2.45) is 0 Å². The predicted molar refractivity (Wildman–Crippen MR) is 63.7 cm³/mol. The summed E-state index contributed by atoms with van der Waals surface area (Å²) in [6, 6.07) is 10.2. The van der Waals surface area contributed by atoms with Gasteiger partial charge in [0.1, 0.15) is 0 Å². The summed E-state index contributed by atoms with van der Waals surface area (Å²) in [5.74, 6) is 0. The van der Waals surface area contributed by atoms with E-state index >= 15 is 0 Å². The highest BCUT2D eigenvalue weighted by atomic mass is 35.6. The molecule has 0 aliphatic carbocycles. The van der Waals surface area contributed by atoms with Crippen molar-refractivity contribution in [3.63, 3.8) is 0 Å². The topological polar surface area (TPSA) is 0 Å². The van der Waals surface area contributed by atoms with Crippen molar-refractivity contribution in [1.29, 1.82) is 0 Å². The molecule has 0 N–H and O–H groups in total. The lowest BCUT2D eigenvalue weighted by atomic mass is 10.2. The van der Waals surface area contributed by atoms with Gasteiger partial charge < -0.3 is 0 Å². The second-order valence-electron chi connectivity index (χ2n) is 3.13. The second kappa shape index (κ2) is 4.69. The molecule has 1 rings (SSSR count). The fraction of sp³-hybridized carbons (Fsp3) is 0.333. The molecule has 0 saturated carbocycles. The van der Waals surface area contributed by atoms with Crippen molar-refractivity contribution in [1.82, 2.24) is 0 Å². The Morgan fingerprint density at radius 3 is 2.15 bits per heavy atom. The lowest BCUT2D eigenvalue weighted by Crippen LogP contribution is -2.20. The summed E-state index contributed by atoms with van der Waals surface area (Å²) in [6.45, 7) is 2.11. The zero-order chi connectivity index (χ0) is 9.90. The van der Waals surface area contributed by atoms with E-state index in [1.54, 1.807) is 0 Å². The molecule has 4 heteroatoms. The van der Waals surface area contributed by atoms with E-state index in [0.29, 0.717) is 5.54 Å². The van der Waals surface area contributed by atoms with Crippen LogP contribution in [0.2, 0.25) is 0 Å². The molecule has 1 unspecified atom stereocenters. The van der Waals surface area contributed by atoms with Gasteiger partial charge >= 0.3 is 0 Å². The Bertz CT molecular complexity index is 255. The molecule has 0 amide bonds. The highest BCUT2D eigenvalue weighted by molar-refractivity contribution is 6.87. The van der Waals surface area contributed by atoms with Gasteiger partial charge in [-0.3, -0.25) is 0 Å². The average Bonchev–Trinajstić information content (AvgIpc) is 2.03. The lowest BCUT2D eigenvalue weighted by molar-refractivity contribution is 1.06. The van der Waals surface area contributed by atoms with Gasteiger partial charge in [0.05, 0.1) is 9.52 Å². The van der Waals surface area contributed by atoms with Crippen molar-refractivity contribution in [3.8, 4) is 0 Å². The molecule has 13 heavy (non-hydrogen) atoms. The van der Waals surface area contributed by atoms with E-state index in [1.807, 2.05) is 18.2 Å². The van der Waals surface area contributed by atoms with Crippen LogP contribution in [0.4, 0.5) is 0 Å². The van der Waals surface area contributed by atoms with Gasteiger partial charge in [-0.15, -0.1) is 0 Å². The van der Waals surface area contributed by atoms with E-state index < -0.39 is 12.9 Å². The lowest BCUT2D eigenvalue weighted by Gasteiger charge is -2.16. The molecule has 0 radical (unpaired) electrons. The number of alkyl halides is 3. The Morgan fingerprint density at radius 2 is 1.69 bits per heavy atom. The highest BCUT2D eigenvalue weighted by Gasteiger charge is 2.24. The smallest absolute Gasteiger partial charge is 0.0890 e. The third-order valence-corrected chi connectivity index (χ3v) is 4.84. The largest absolute Gasteiger partial charge is 0.170 e. The minimum Gasteiger partial charge on any atom is -0.0890 e. The molecule has 0 heterocycles. The van der Waals surface area contributed by atoms with E-state index in [-0.39, 0.29) is 0 Å². The molecule has 72 valence electrons. The summed E-state index contributed by atoms with van der Waals surface area (Å²) in [5.41, 5.74) is 1.68.